The minimum absolute atomic E-state index is 0.146. The van der Waals surface area contributed by atoms with Gasteiger partial charge in [0.2, 0.25) is 0 Å². The highest BCUT2D eigenvalue weighted by Gasteiger charge is 2.11. The molecule has 0 radical (unpaired) electrons. The van der Waals surface area contributed by atoms with Gasteiger partial charge in [0.15, 0.2) is 0 Å². The van der Waals surface area contributed by atoms with Gasteiger partial charge in [0, 0.05) is 11.1 Å². The monoisotopic (exact) mass is 314 g/mol. The summed E-state index contributed by atoms with van der Waals surface area (Å²) in [6.07, 6.45) is -0.294. The molecule has 0 saturated carbocycles. The number of hydrogen-bond donors (Lipinski definition) is 2. The highest BCUT2D eigenvalue weighted by atomic mass is 16.6. The average molecular weight is 314 g/mol. The van der Waals surface area contributed by atoms with Crippen molar-refractivity contribution in [1.29, 1.82) is 0 Å². The van der Waals surface area contributed by atoms with Crippen LogP contribution in [0.4, 0.5) is 0 Å². The van der Waals surface area contributed by atoms with Crippen molar-refractivity contribution in [3.8, 4) is 11.5 Å². The Labute approximate surface area is 133 Å². The number of carbonyl (C=O) groups is 2. The molecule has 7 heteroatoms. The number of aliphatic carboxylic acids is 2. The zero-order valence-corrected chi connectivity index (χ0v) is 12.3. The quantitative estimate of drug-likeness (QED) is 0.720. The van der Waals surface area contributed by atoms with E-state index in [0.717, 1.165) is 0 Å². The van der Waals surface area contributed by atoms with Crippen LogP contribution < -0.4 is 9.31 Å². The number of carboxylic acids is 2. The van der Waals surface area contributed by atoms with Crippen LogP contribution in [0.5, 0.6) is 11.5 Å². The molecule has 6 nitrogen and oxygen atoms in total. The third-order valence-electron chi connectivity index (χ3n) is 3.06. The Kier molecular flexibility index (Phi) is 5.63. The molecule has 2 N–H and O–H groups in total. The summed E-state index contributed by atoms with van der Waals surface area (Å²) in [6.45, 7) is 0. The van der Waals surface area contributed by atoms with E-state index < -0.39 is 11.9 Å². The molecule has 0 unspecified atom stereocenters. The second-order valence-electron chi connectivity index (χ2n) is 4.76. The highest BCUT2D eigenvalue weighted by Crippen LogP contribution is 2.21. The molecule has 0 amide bonds. The lowest BCUT2D eigenvalue weighted by Gasteiger charge is -2.12. The molecule has 0 aliphatic heterocycles. The topological polar surface area (TPSA) is 93.1 Å². The van der Waals surface area contributed by atoms with E-state index in [-0.39, 0.29) is 20.5 Å². The van der Waals surface area contributed by atoms with E-state index in [1.54, 1.807) is 48.5 Å². The number of carboxylic acid groups (broad SMARTS) is 2. The first-order valence-corrected chi connectivity index (χ1v) is 6.91. The molecule has 2 rings (SSSR count). The van der Waals surface area contributed by atoms with Crippen LogP contribution in [0, 0.1) is 0 Å². The van der Waals surface area contributed by atoms with E-state index in [1.165, 1.54) is 0 Å². The Morgan fingerprint density at radius 2 is 1.17 bits per heavy atom. The van der Waals surface area contributed by atoms with Gasteiger partial charge in [0.05, 0.1) is 12.8 Å². The van der Waals surface area contributed by atoms with Crippen molar-refractivity contribution in [3.63, 3.8) is 0 Å². The molecule has 0 bridgehead atoms. The van der Waals surface area contributed by atoms with Crippen molar-refractivity contribution in [3.05, 3.63) is 59.7 Å². The molecule has 2 aromatic carbocycles. The normalized spacial score (nSPS) is 9.91. The zero-order valence-electron chi connectivity index (χ0n) is 12.3. The fourth-order valence-corrected chi connectivity index (χ4v) is 2.06. The fourth-order valence-electron chi connectivity index (χ4n) is 2.06. The van der Waals surface area contributed by atoms with Gasteiger partial charge in [-0.3, -0.25) is 9.59 Å². The summed E-state index contributed by atoms with van der Waals surface area (Å²) in [5.74, 6) is -1.06. The van der Waals surface area contributed by atoms with Gasteiger partial charge in [-0.15, -0.1) is 0 Å². The molecule has 0 aliphatic rings. The number of hydrogen-bond acceptors (Lipinski definition) is 4. The van der Waals surface area contributed by atoms with Crippen molar-refractivity contribution in [1.82, 2.24) is 0 Å². The molecule has 0 heterocycles. The van der Waals surface area contributed by atoms with Crippen LogP contribution >= 0.6 is 0 Å². The predicted octanol–water partition coefficient (Wildman–Crippen LogP) is 1.67. The van der Waals surface area contributed by atoms with Gasteiger partial charge in [0.1, 0.15) is 11.5 Å². The Hall–Kier alpha value is -2.96. The van der Waals surface area contributed by atoms with E-state index in [0.29, 0.717) is 22.6 Å². The maximum absolute atomic E-state index is 10.8. The van der Waals surface area contributed by atoms with Gasteiger partial charge in [-0.25, -0.2) is 0 Å². The Bertz CT molecular complexity index is 641. The van der Waals surface area contributed by atoms with Gasteiger partial charge in [0.25, 0.3) is 0 Å². The molecule has 2 aromatic rings. The van der Waals surface area contributed by atoms with E-state index in [1.807, 2.05) is 0 Å². The highest BCUT2D eigenvalue weighted by molar-refractivity contribution is 6.20. The largest absolute Gasteiger partial charge is 0.576 e. The van der Waals surface area contributed by atoms with Crippen molar-refractivity contribution < 1.29 is 29.1 Å². The second kappa shape index (κ2) is 7.88. The number of rotatable bonds is 8. The van der Waals surface area contributed by atoms with Crippen LogP contribution in [-0.4, -0.2) is 29.8 Å². The van der Waals surface area contributed by atoms with Crippen LogP contribution in [0.1, 0.15) is 11.1 Å². The fraction of sp³-hybridized carbons (Fsp3) is 0.125. The SMILES string of the molecule is O=C(O)Cc1ccccc1OBOc1ccccc1CC(=O)O. The van der Waals surface area contributed by atoms with Crippen molar-refractivity contribution in [2.24, 2.45) is 0 Å². The molecule has 0 atom stereocenters. The minimum atomic E-state index is -0.950. The summed E-state index contributed by atoms with van der Waals surface area (Å²) in [6, 6.07) is 13.6. The lowest BCUT2D eigenvalue weighted by molar-refractivity contribution is -0.137. The van der Waals surface area contributed by atoms with Crippen LogP contribution in [-0.2, 0) is 22.4 Å². The van der Waals surface area contributed by atoms with Gasteiger partial charge in [-0.2, -0.15) is 0 Å². The van der Waals surface area contributed by atoms with Gasteiger partial charge < -0.3 is 19.5 Å². The summed E-state index contributed by atoms with van der Waals surface area (Å²) in [5, 5.41) is 17.7. The average Bonchev–Trinajstić information content (AvgIpc) is 2.49. The molecule has 23 heavy (non-hydrogen) atoms. The summed E-state index contributed by atoms with van der Waals surface area (Å²) in [5.41, 5.74) is 1.09. The second-order valence-corrected chi connectivity index (χ2v) is 4.76. The summed E-state index contributed by atoms with van der Waals surface area (Å²) < 4.78 is 10.9. The number of benzene rings is 2. The van der Waals surface area contributed by atoms with E-state index >= 15 is 0 Å². The van der Waals surface area contributed by atoms with Gasteiger partial charge in [-0.1, -0.05) is 36.4 Å². The smallest absolute Gasteiger partial charge is 0.528 e. The molecular weight excluding hydrogens is 299 g/mol. The number of para-hydroxylation sites is 2. The first-order chi connectivity index (χ1) is 11.1. The third-order valence-corrected chi connectivity index (χ3v) is 3.06. The lowest BCUT2D eigenvalue weighted by atomic mass is 10.1. The molecule has 0 saturated heterocycles. The van der Waals surface area contributed by atoms with E-state index in [2.05, 4.69) is 0 Å². The minimum Gasteiger partial charge on any atom is -0.528 e. The zero-order chi connectivity index (χ0) is 16.7. The van der Waals surface area contributed by atoms with Crippen molar-refractivity contribution in [2.45, 2.75) is 12.8 Å². The Morgan fingerprint density at radius 3 is 1.57 bits per heavy atom. The van der Waals surface area contributed by atoms with Crippen LogP contribution in [0.15, 0.2) is 48.5 Å². The lowest BCUT2D eigenvalue weighted by Crippen LogP contribution is -2.14. The first-order valence-electron chi connectivity index (χ1n) is 6.91. The Balaban J connectivity index is 2.01. The summed E-state index contributed by atoms with van der Waals surface area (Å²) in [4.78, 5) is 21.6. The van der Waals surface area contributed by atoms with Gasteiger partial charge >= 0.3 is 19.6 Å². The van der Waals surface area contributed by atoms with Crippen molar-refractivity contribution in [2.75, 3.05) is 0 Å². The van der Waals surface area contributed by atoms with Crippen LogP contribution in [0.3, 0.4) is 0 Å². The predicted molar refractivity (Wildman–Crippen MR) is 84.0 cm³/mol. The third kappa shape index (κ3) is 5.07. The maximum atomic E-state index is 10.8. The Morgan fingerprint density at radius 1 is 0.783 bits per heavy atom. The standard InChI is InChI=1S/C16H15BO6/c18-15(19)9-11-5-1-3-7-13(11)22-17-23-14-8-4-2-6-12(14)10-16(20)21/h1-8,17H,9-10H2,(H,18,19)(H,20,21). The van der Waals surface area contributed by atoms with Gasteiger partial charge in [-0.05, 0) is 12.1 Å². The molecule has 118 valence electrons. The molecular formula is C16H15BO6. The molecule has 0 fully saturated rings. The van der Waals surface area contributed by atoms with E-state index in [9.17, 15) is 9.59 Å². The summed E-state index contributed by atoms with van der Waals surface area (Å²) >= 11 is 0. The van der Waals surface area contributed by atoms with Crippen LogP contribution in [0.2, 0.25) is 0 Å². The summed E-state index contributed by atoms with van der Waals surface area (Å²) in [7, 11) is -0.146. The molecule has 0 spiro atoms. The van der Waals surface area contributed by atoms with E-state index in [4.69, 9.17) is 19.5 Å². The molecule has 0 aliphatic carbocycles. The molecule has 0 aromatic heterocycles. The first kappa shape index (κ1) is 16.4. The van der Waals surface area contributed by atoms with Crippen molar-refractivity contribution >= 4 is 19.6 Å². The van der Waals surface area contributed by atoms with Crippen LogP contribution in [0.25, 0.3) is 0 Å². The maximum Gasteiger partial charge on any atom is 0.576 e.